The van der Waals surface area contributed by atoms with Gasteiger partial charge >= 0.3 is 0 Å². The fourth-order valence-corrected chi connectivity index (χ4v) is 3.99. The molecule has 0 atom stereocenters. The van der Waals surface area contributed by atoms with E-state index in [4.69, 9.17) is 1.37 Å². The van der Waals surface area contributed by atoms with Gasteiger partial charge in [0.1, 0.15) is 0 Å². The van der Waals surface area contributed by atoms with E-state index in [2.05, 4.69) is 38.8 Å². The minimum Gasteiger partial charge on any atom is -0.121 e. The lowest BCUT2D eigenvalue weighted by Crippen LogP contribution is -1.83. The molecule has 1 aromatic rings. The van der Waals surface area contributed by atoms with Crippen LogP contribution in [0.15, 0.2) is 13.6 Å². The second kappa shape index (κ2) is 6.20. The molecule has 0 saturated heterocycles. The molecule has 1 aromatic heterocycles. The Kier molecular flexibility index (Phi) is 4.86. The van der Waals surface area contributed by atoms with Crippen LogP contribution in [-0.2, 0) is 6.42 Å². The third-order valence-corrected chi connectivity index (χ3v) is 4.30. The highest BCUT2D eigenvalue weighted by atomic mass is 79.9. The fourth-order valence-electron chi connectivity index (χ4n) is 1.22. The molecule has 0 amide bonds. The molecule has 0 aliphatic heterocycles. The zero-order chi connectivity index (χ0) is 10.6. The minimum absolute atomic E-state index is 0.665. The maximum atomic E-state index is 7.83. The van der Waals surface area contributed by atoms with E-state index in [0.717, 1.165) is 19.6 Å². The Balaban J connectivity index is 2.49. The molecule has 1 heterocycles. The van der Waals surface area contributed by atoms with Gasteiger partial charge in [-0.1, -0.05) is 26.2 Å². The predicted molar refractivity (Wildman–Crippen MR) is 67.6 cm³/mol. The Morgan fingerprint density at radius 1 is 1.38 bits per heavy atom. The first kappa shape index (κ1) is 10.2. The largest absolute Gasteiger partial charge is 0.121 e. The molecule has 0 bridgehead atoms. The molecular weight excluding hydrogens is 312 g/mol. The normalized spacial score (nSPS) is 11.8. The summed E-state index contributed by atoms with van der Waals surface area (Å²) < 4.78 is 9.89. The number of hydrogen-bond donors (Lipinski definition) is 0. The van der Waals surface area contributed by atoms with Gasteiger partial charge in [-0.2, -0.15) is 0 Å². The Morgan fingerprint density at radius 2 is 2.15 bits per heavy atom. The third-order valence-electron chi connectivity index (χ3n) is 1.95. The lowest BCUT2D eigenvalue weighted by molar-refractivity contribution is 0.667. The lowest BCUT2D eigenvalue weighted by Gasteiger charge is -1.98. The summed E-state index contributed by atoms with van der Waals surface area (Å²) in [5, 5.41) is 0. The molecule has 0 saturated carbocycles. The van der Waals surface area contributed by atoms with Crippen molar-refractivity contribution >= 4 is 43.2 Å². The van der Waals surface area contributed by atoms with Gasteiger partial charge in [0.25, 0.3) is 0 Å². The molecule has 0 N–H and O–H groups in total. The number of hydrogen-bond acceptors (Lipinski definition) is 1. The number of rotatable bonds is 5. The van der Waals surface area contributed by atoms with Crippen molar-refractivity contribution in [2.45, 2.75) is 39.0 Å². The van der Waals surface area contributed by atoms with Crippen molar-refractivity contribution in [1.82, 2.24) is 0 Å². The summed E-state index contributed by atoms with van der Waals surface area (Å²) in [5.74, 6) is 0. The second-order valence-corrected chi connectivity index (χ2v) is 6.72. The molecule has 0 aromatic carbocycles. The first-order valence-corrected chi connectivity index (χ1v) is 7.00. The molecule has 74 valence electrons. The predicted octanol–water partition coefficient (Wildman–Crippen LogP) is 5.40. The van der Waals surface area contributed by atoms with E-state index >= 15 is 0 Å². The summed E-state index contributed by atoms with van der Waals surface area (Å²) >= 11 is 8.50. The summed E-state index contributed by atoms with van der Waals surface area (Å²) in [6.45, 7) is 2.22. The molecule has 3 heteroatoms. The highest BCUT2D eigenvalue weighted by molar-refractivity contribution is 9.12. The molecule has 0 spiro atoms. The summed E-state index contributed by atoms with van der Waals surface area (Å²) in [6, 6.07) is 0.665. The van der Waals surface area contributed by atoms with Crippen LogP contribution in [-0.4, -0.2) is 0 Å². The van der Waals surface area contributed by atoms with Gasteiger partial charge in [0.15, 0.2) is 0 Å². The van der Waals surface area contributed by atoms with Crippen molar-refractivity contribution < 1.29 is 1.37 Å². The topological polar surface area (TPSA) is 0 Å². The minimum atomic E-state index is 0.665. The lowest BCUT2D eigenvalue weighted by atomic mass is 10.1. The Hall–Kier alpha value is 0.660. The Bertz CT molecular complexity index is 297. The van der Waals surface area contributed by atoms with Crippen molar-refractivity contribution in [2.75, 3.05) is 0 Å². The van der Waals surface area contributed by atoms with E-state index in [1.165, 1.54) is 25.7 Å². The van der Waals surface area contributed by atoms with Crippen molar-refractivity contribution in [3.8, 4) is 0 Å². The van der Waals surface area contributed by atoms with Crippen LogP contribution in [0.5, 0.6) is 0 Å². The van der Waals surface area contributed by atoms with E-state index in [1.54, 1.807) is 11.3 Å². The van der Waals surface area contributed by atoms with Gasteiger partial charge in [-0.25, -0.2) is 0 Å². The monoisotopic (exact) mass is 325 g/mol. The van der Waals surface area contributed by atoms with E-state index in [1.807, 2.05) is 0 Å². The average molecular weight is 327 g/mol. The van der Waals surface area contributed by atoms with Crippen LogP contribution in [0, 0.1) is 0 Å². The summed E-state index contributed by atoms with van der Waals surface area (Å²) in [5.41, 5.74) is 1.16. The molecule has 0 aliphatic rings. The van der Waals surface area contributed by atoms with Crippen LogP contribution in [0.1, 0.15) is 39.5 Å². The van der Waals surface area contributed by atoms with E-state index < -0.39 is 0 Å². The van der Waals surface area contributed by atoms with Gasteiger partial charge in [-0.05, 0) is 56.3 Å². The van der Waals surface area contributed by atoms with Crippen molar-refractivity contribution in [3.05, 3.63) is 19.2 Å². The van der Waals surface area contributed by atoms with E-state index in [0.29, 0.717) is 6.04 Å². The molecule has 0 nitrogen and oxygen atoms in total. The van der Waals surface area contributed by atoms with Gasteiger partial charge in [0.05, 0.1) is 8.94 Å². The van der Waals surface area contributed by atoms with Gasteiger partial charge in [-0.15, -0.1) is 11.3 Å². The third kappa shape index (κ3) is 4.13. The maximum Gasteiger partial charge on any atom is 0.0742 e. The van der Waals surface area contributed by atoms with Crippen LogP contribution >= 0.6 is 43.2 Å². The summed E-state index contributed by atoms with van der Waals surface area (Å²) in [7, 11) is 0. The highest BCUT2D eigenvalue weighted by Gasteiger charge is 2.03. The first-order valence-electron chi connectivity index (χ1n) is 5.10. The maximum absolute atomic E-state index is 7.83. The van der Waals surface area contributed by atoms with Crippen LogP contribution < -0.4 is 0 Å². The summed E-state index contributed by atoms with van der Waals surface area (Å²) in [4.78, 5) is 0. The van der Waals surface area contributed by atoms with Crippen molar-refractivity contribution in [3.63, 3.8) is 0 Å². The van der Waals surface area contributed by atoms with Crippen LogP contribution in [0.25, 0.3) is 0 Å². The standard InChI is InChI=1S/C10H14Br2S/c1-2-3-4-5-6-8-7-9(11)13-10(8)12/h7H,2-6H2,1H3/i7D. The number of halogens is 2. The molecule has 13 heavy (non-hydrogen) atoms. The van der Waals surface area contributed by atoms with E-state index in [9.17, 15) is 0 Å². The SMILES string of the molecule is [2H]c1c(Br)sc(Br)c1CCCCCC. The van der Waals surface area contributed by atoms with Gasteiger partial charge < -0.3 is 0 Å². The summed E-state index contributed by atoms with van der Waals surface area (Å²) in [6.07, 6.45) is 6.07. The van der Waals surface area contributed by atoms with Gasteiger partial charge in [-0.3, -0.25) is 0 Å². The van der Waals surface area contributed by atoms with Crippen LogP contribution in [0.3, 0.4) is 0 Å². The Labute approximate surface area is 102 Å². The molecule has 0 radical (unpaired) electrons. The smallest absolute Gasteiger partial charge is 0.0742 e. The van der Waals surface area contributed by atoms with Crippen LogP contribution in [0.4, 0.5) is 0 Å². The fraction of sp³-hybridized carbons (Fsp3) is 0.600. The van der Waals surface area contributed by atoms with E-state index in [-0.39, 0.29) is 0 Å². The van der Waals surface area contributed by atoms with Gasteiger partial charge in [0, 0.05) is 0 Å². The van der Waals surface area contributed by atoms with Crippen molar-refractivity contribution in [1.29, 1.82) is 0 Å². The molecule has 0 aliphatic carbocycles. The molecular formula is C10H14Br2S. The quantitative estimate of drug-likeness (QED) is 0.636. The van der Waals surface area contributed by atoms with Crippen LogP contribution in [0.2, 0.25) is 0 Å². The van der Waals surface area contributed by atoms with Gasteiger partial charge in [0.2, 0.25) is 0 Å². The Morgan fingerprint density at radius 3 is 2.69 bits per heavy atom. The zero-order valence-electron chi connectivity index (χ0n) is 8.70. The number of thiophene rings is 1. The second-order valence-electron chi connectivity index (χ2n) is 3.06. The molecule has 0 unspecified atom stereocenters. The number of unbranched alkanes of at least 4 members (excludes halogenated alkanes) is 3. The molecule has 1 rings (SSSR count). The highest BCUT2D eigenvalue weighted by Crippen LogP contribution is 2.32. The zero-order valence-corrected chi connectivity index (χ0v) is 11.7. The molecule has 0 fully saturated rings. The first-order chi connectivity index (χ1) is 6.66. The average Bonchev–Trinajstić information content (AvgIpc) is 2.38. The van der Waals surface area contributed by atoms with Crippen molar-refractivity contribution in [2.24, 2.45) is 0 Å².